The molecule has 0 unspecified atom stereocenters. The summed E-state index contributed by atoms with van der Waals surface area (Å²) >= 11 is 0. The van der Waals surface area contributed by atoms with Crippen molar-refractivity contribution in [3.05, 3.63) is 41.7 Å². The van der Waals surface area contributed by atoms with Crippen molar-refractivity contribution in [3.63, 3.8) is 0 Å². The van der Waals surface area contributed by atoms with Crippen molar-refractivity contribution in [3.8, 4) is 0 Å². The fourth-order valence-corrected chi connectivity index (χ4v) is 2.96. The average molecular weight is 258 g/mol. The summed E-state index contributed by atoms with van der Waals surface area (Å²) in [5, 5.41) is 3.57. The smallest absolute Gasteiger partial charge is 0.113 e. The van der Waals surface area contributed by atoms with E-state index in [1.165, 1.54) is 24.4 Å². The maximum absolute atomic E-state index is 4.68. The van der Waals surface area contributed by atoms with E-state index in [1.54, 1.807) is 0 Å². The van der Waals surface area contributed by atoms with Gasteiger partial charge in [-0.15, -0.1) is 0 Å². The molecule has 4 nitrogen and oxygen atoms in total. The molecule has 2 aromatic heterocycles. The van der Waals surface area contributed by atoms with E-state index in [9.17, 15) is 0 Å². The Hall–Kier alpha value is -1.55. The van der Waals surface area contributed by atoms with Crippen LogP contribution in [0, 0.1) is 6.92 Å². The lowest BCUT2D eigenvalue weighted by Crippen LogP contribution is -2.27. The molecular weight excluding hydrogens is 236 g/mol. The molecule has 1 atom stereocenters. The Bertz CT molecular complexity index is 552. The molecule has 2 aromatic rings. The molecule has 1 aliphatic heterocycles. The Kier molecular flexibility index (Phi) is 3.42. The summed E-state index contributed by atoms with van der Waals surface area (Å²) in [4.78, 5) is 4.68. The number of imidazole rings is 1. The summed E-state index contributed by atoms with van der Waals surface area (Å²) in [7, 11) is 2.09. The van der Waals surface area contributed by atoms with E-state index in [1.807, 2.05) is 0 Å². The highest BCUT2D eigenvalue weighted by Crippen LogP contribution is 2.26. The number of nitrogens with zero attached hydrogens (tertiary/aromatic N) is 3. The van der Waals surface area contributed by atoms with Gasteiger partial charge in [0.05, 0.1) is 5.69 Å². The van der Waals surface area contributed by atoms with Gasteiger partial charge >= 0.3 is 0 Å². The number of aromatic nitrogens is 3. The summed E-state index contributed by atoms with van der Waals surface area (Å²) in [6.07, 6.45) is 6.78. The quantitative estimate of drug-likeness (QED) is 0.912. The van der Waals surface area contributed by atoms with Crippen molar-refractivity contribution in [1.82, 2.24) is 19.4 Å². The van der Waals surface area contributed by atoms with Gasteiger partial charge in [-0.2, -0.15) is 0 Å². The van der Waals surface area contributed by atoms with E-state index < -0.39 is 0 Å². The van der Waals surface area contributed by atoms with Crippen molar-refractivity contribution in [2.45, 2.75) is 38.8 Å². The van der Waals surface area contributed by atoms with Gasteiger partial charge in [-0.1, -0.05) is 0 Å². The first kappa shape index (κ1) is 12.5. The highest BCUT2D eigenvalue weighted by Gasteiger charge is 2.21. The van der Waals surface area contributed by atoms with E-state index in [2.05, 4.69) is 57.9 Å². The molecule has 0 saturated heterocycles. The van der Waals surface area contributed by atoms with Crippen molar-refractivity contribution < 1.29 is 0 Å². The topological polar surface area (TPSA) is 34.8 Å². The van der Waals surface area contributed by atoms with Crippen LogP contribution in [-0.2, 0) is 20.1 Å². The predicted octanol–water partition coefficient (Wildman–Crippen LogP) is 2.20. The zero-order valence-corrected chi connectivity index (χ0v) is 11.8. The molecule has 0 spiro atoms. The molecule has 1 N–H and O–H groups in total. The van der Waals surface area contributed by atoms with Gasteiger partial charge in [0.1, 0.15) is 5.82 Å². The van der Waals surface area contributed by atoms with Gasteiger partial charge in [-0.25, -0.2) is 4.98 Å². The van der Waals surface area contributed by atoms with E-state index >= 15 is 0 Å². The van der Waals surface area contributed by atoms with E-state index in [4.69, 9.17) is 0 Å². The largest absolute Gasteiger partial charge is 0.353 e. The Morgan fingerprint density at radius 1 is 1.47 bits per heavy atom. The fourth-order valence-electron chi connectivity index (χ4n) is 2.96. The molecule has 19 heavy (non-hydrogen) atoms. The Balaban J connectivity index is 1.60. The summed E-state index contributed by atoms with van der Waals surface area (Å²) in [5.74, 6) is 1.82. The standard InChI is InChI=1S/C15H22N4/c1-12-11-19-8-3-5-13(15(19)17-12)9-16-10-14-6-4-7-18(14)2/h4,6-7,11,13,16H,3,5,8-10H2,1-2H3/t13-/m1/s1. The lowest BCUT2D eigenvalue weighted by atomic mass is 9.99. The third kappa shape index (κ3) is 2.59. The van der Waals surface area contributed by atoms with Gasteiger partial charge in [0.15, 0.2) is 0 Å². The Morgan fingerprint density at radius 2 is 2.37 bits per heavy atom. The second kappa shape index (κ2) is 5.21. The maximum atomic E-state index is 4.68. The summed E-state index contributed by atoms with van der Waals surface area (Å²) in [6, 6.07) is 4.26. The molecule has 3 heterocycles. The van der Waals surface area contributed by atoms with E-state index in [0.717, 1.165) is 25.3 Å². The van der Waals surface area contributed by atoms with Gasteiger partial charge in [-0.05, 0) is 31.9 Å². The van der Waals surface area contributed by atoms with Crippen LogP contribution in [0.25, 0.3) is 0 Å². The highest BCUT2D eigenvalue weighted by molar-refractivity contribution is 5.10. The number of nitrogens with one attached hydrogen (secondary N) is 1. The van der Waals surface area contributed by atoms with Crippen LogP contribution in [0.2, 0.25) is 0 Å². The van der Waals surface area contributed by atoms with E-state index in [0.29, 0.717) is 5.92 Å². The molecule has 0 fully saturated rings. The SMILES string of the molecule is Cc1cn2c(n1)[C@@H](CNCc1cccn1C)CCC2. The van der Waals surface area contributed by atoms with Crippen molar-refractivity contribution >= 4 is 0 Å². The number of rotatable bonds is 4. The number of hydrogen-bond donors (Lipinski definition) is 1. The number of fused-ring (bicyclic) bond motifs is 1. The minimum atomic E-state index is 0.558. The average Bonchev–Trinajstić information content (AvgIpc) is 2.95. The monoisotopic (exact) mass is 258 g/mol. The van der Waals surface area contributed by atoms with Crippen LogP contribution in [0.4, 0.5) is 0 Å². The van der Waals surface area contributed by atoms with Crippen LogP contribution >= 0.6 is 0 Å². The van der Waals surface area contributed by atoms with E-state index in [-0.39, 0.29) is 0 Å². The van der Waals surface area contributed by atoms with Crippen LogP contribution in [0.5, 0.6) is 0 Å². The number of hydrogen-bond acceptors (Lipinski definition) is 2. The molecular formula is C15H22N4. The van der Waals surface area contributed by atoms with Gasteiger partial charge in [0.25, 0.3) is 0 Å². The Morgan fingerprint density at radius 3 is 3.16 bits per heavy atom. The fraction of sp³-hybridized carbons (Fsp3) is 0.533. The molecule has 0 radical (unpaired) electrons. The number of aryl methyl sites for hydroxylation is 3. The van der Waals surface area contributed by atoms with Gasteiger partial charge in [-0.3, -0.25) is 0 Å². The van der Waals surface area contributed by atoms with Crippen molar-refractivity contribution in [1.29, 1.82) is 0 Å². The van der Waals surface area contributed by atoms with Crippen LogP contribution in [-0.4, -0.2) is 20.7 Å². The minimum absolute atomic E-state index is 0.558. The third-order valence-corrected chi connectivity index (χ3v) is 3.99. The summed E-state index contributed by atoms with van der Waals surface area (Å²) in [5.41, 5.74) is 2.47. The van der Waals surface area contributed by atoms with Crippen LogP contribution < -0.4 is 5.32 Å². The molecule has 0 aromatic carbocycles. The second-order valence-electron chi connectivity index (χ2n) is 5.51. The molecule has 0 bridgehead atoms. The summed E-state index contributed by atoms with van der Waals surface area (Å²) < 4.78 is 4.49. The zero-order valence-electron chi connectivity index (χ0n) is 11.8. The van der Waals surface area contributed by atoms with Crippen LogP contribution in [0.15, 0.2) is 24.5 Å². The summed E-state index contributed by atoms with van der Waals surface area (Å²) in [6.45, 7) is 5.16. The molecule has 0 amide bonds. The van der Waals surface area contributed by atoms with Gasteiger partial charge < -0.3 is 14.5 Å². The first-order chi connectivity index (χ1) is 9.24. The zero-order chi connectivity index (χ0) is 13.2. The molecule has 0 saturated carbocycles. The van der Waals surface area contributed by atoms with Crippen LogP contribution in [0.3, 0.4) is 0 Å². The van der Waals surface area contributed by atoms with Crippen LogP contribution in [0.1, 0.15) is 36.0 Å². The lowest BCUT2D eigenvalue weighted by molar-refractivity contribution is 0.421. The lowest BCUT2D eigenvalue weighted by Gasteiger charge is -2.23. The van der Waals surface area contributed by atoms with Gasteiger partial charge in [0, 0.05) is 50.7 Å². The molecule has 1 aliphatic rings. The first-order valence-corrected chi connectivity index (χ1v) is 7.08. The molecule has 4 heteroatoms. The highest BCUT2D eigenvalue weighted by atomic mass is 15.1. The first-order valence-electron chi connectivity index (χ1n) is 7.08. The van der Waals surface area contributed by atoms with Crippen molar-refractivity contribution in [2.24, 2.45) is 7.05 Å². The maximum Gasteiger partial charge on any atom is 0.113 e. The van der Waals surface area contributed by atoms with Gasteiger partial charge in [0.2, 0.25) is 0 Å². The third-order valence-electron chi connectivity index (χ3n) is 3.99. The Labute approximate surface area is 114 Å². The normalized spacial score (nSPS) is 18.5. The second-order valence-corrected chi connectivity index (χ2v) is 5.51. The molecule has 3 rings (SSSR count). The minimum Gasteiger partial charge on any atom is -0.353 e. The van der Waals surface area contributed by atoms with Crippen molar-refractivity contribution in [2.75, 3.05) is 6.54 Å². The predicted molar refractivity (Wildman–Crippen MR) is 76.1 cm³/mol. The molecule has 102 valence electrons. The molecule has 0 aliphatic carbocycles.